The Morgan fingerprint density at radius 1 is 0.880 bits per heavy atom. The molecule has 0 heterocycles. The van der Waals surface area contributed by atoms with E-state index in [1.165, 1.54) is 20.0 Å². The summed E-state index contributed by atoms with van der Waals surface area (Å²) in [6.07, 6.45) is 10.5. The highest BCUT2D eigenvalue weighted by molar-refractivity contribution is 6.02. The highest BCUT2D eigenvalue weighted by atomic mass is 16.5. The first kappa shape index (κ1) is 23.6. The SMILES string of the molecule is CCCCCCCC(=O)C(CCCCCC)C(=O)N[C@@H](C)C(=O)OC. The fraction of sp³-hybridized carbons (Fsp3) is 0.850. The molecule has 1 N–H and O–H groups in total. The van der Waals surface area contributed by atoms with Crippen LogP contribution in [0.3, 0.4) is 0 Å². The molecule has 1 unspecified atom stereocenters. The van der Waals surface area contributed by atoms with E-state index in [4.69, 9.17) is 0 Å². The number of hydrogen-bond acceptors (Lipinski definition) is 4. The highest BCUT2D eigenvalue weighted by Gasteiger charge is 2.28. The monoisotopic (exact) mass is 355 g/mol. The van der Waals surface area contributed by atoms with Crippen molar-refractivity contribution < 1.29 is 19.1 Å². The Bertz CT molecular complexity index is 395. The van der Waals surface area contributed by atoms with Crippen LogP contribution in [0.5, 0.6) is 0 Å². The summed E-state index contributed by atoms with van der Waals surface area (Å²) in [7, 11) is 1.29. The summed E-state index contributed by atoms with van der Waals surface area (Å²) < 4.78 is 4.63. The highest BCUT2D eigenvalue weighted by Crippen LogP contribution is 2.17. The van der Waals surface area contributed by atoms with Crippen LogP contribution in [0.2, 0.25) is 0 Å². The van der Waals surface area contributed by atoms with E-state index in [2.05, 4.69) is 23.9 Å². The second kappa shape index (κ2) is 14.9. The molecule has 1 amide bonds. The summed E-state index contributed by atoms with van der Waals surface area (Å²) in [5.41, 5.74) is 0. The van der Waals surface area contributed by atoms with Gasteiger partial charge in [-0.1, -0.05) is 65.2 Å². The fourth-order valence-corrected chi connectivity index (χ4v) is 2.84. The van der Waals surface area contributed by atoms with Gasteiger partial charge in [0.05, 0.1) is 13.0 Å². The topological polar surface area (TPSA) is 72.5 Å². The van der Waals surface area contributed by atoms with Gasteiger partial charge in [-0.25, -0.2) is 4.79 Å². The minimum atomic E-state index is -0.729. The van der Waals surface area contributed by atoms with Gasteiger partial charge in [-0.3, -0.25) is 9.59 Å². The minimum absolute atomic E-state index is 0.00237. The van der Waals surface area contributed by atoms with E-state index in [1.54, 1.807) is 6.92 Å². The maximum absolute atomic E-state index is 12.5. The van der Waals surface area contributed by atoms with Crippen LogP contribution in [0, 0.1) is 5.92 Å². The summed E-state index contributed by atoms with van der Waals surface area (Å²) in [5, 5.41) is 2.63. The quantitative estimate of drug-likeness (QED) is 0.272. The smallest absolute Gasteiger partial charge is 0.328 e. The van der Waals surface area contributed by atoms with E-state index in [0.29, 0.717) is 12.8 Å². The van der Waals surface area contributed by atoms with Gasteiger partial charge in [-0.05, 0) is 19.8 Å². The van der Waals surface area contributed by atoms with E-state index in [9.17, 15) is 14.4 Å². The molecule has 2 atom stereocenters. The molecular formula is C20H37NO4. The molecule has 0 aliphatic rings. The first-order valence-electron chi connectivity index (χ1n) is 9.88. The lowest BCUT2D eigenvalue weighted by molar-refractivity contribution is -0.146. The number of amides is 1. The molecule has 5 nitrogen and oxygen atoms in total. The van der Waals surface area contributed by atoms with Gasteiger partial charge in [0.15, 0.2) is 0 Å². The predicted octanol–water partition coefficient (Wildman–Crippen LogP) is 4.18. The van der Waals surface area contributed by atoms with Crippen LogP contribution in [0.4, 0.5) is 0 Å². The number of ether oxygens (including phenoxy) is 1. The zero-order valence-electron chi connectivity index (χ0n) is 16.6. The Balaban J connectivity index is 4.58. The molecule has 0 saturated heterocycles. The average Bonchev–Trinajstić information content (AvgIpc) is 2.60. The number of esters is 1. The van der Waals surface area contributed by atoms with Crippen molar-refractivity contribution in [2.75, 3.05) is 7.11 Å². The molecule has 0 aliphatic heterocycles. The molecule has 0 saturated carbocycles. The van der Waals surface area contributed by atoms with Gasteiger partial charge in [-0.15, -0.1) is 0 Å². The van der Waals surface area contributed by atoms with Crippen molar-refractivity contribution in [1.82, 2.24) is 5.32 Å². The maximum atomic E-state index is 12.5. The van der Waals surface area contributed by atoms with Crippen LogP contribution < -0.4 is 5.32 Å². The van der Waals surface area contributed by atoms with Gasteiger partial charge in [0.2, 0.25) is 5.91 Å². The number of Topliss-reactive ketones (excluding diaryl/α,β-unsaturated/α-hetero) is 1. The molecule has 0 aliphatic carbocycles. The molecule has 25 heavy (non-hydrogen) atoms. The Morgan fingerprint density at radius 3 is 2.00 bits per heavy atom. The Hall–Kier alpha value is -1.39. The molecule has 0 bridgehead atoms. The molecule has 0 aromatic heterocycles. The van der Waals surface area contributed by atoms with Gasteiger partial charge in [-0.2, -0.15) is 0 Å². The molecule has 0 fully saturated rings. The molecular weight excluding hydrogens is 318 g/mol. The van der Waals surface area contributed by atoms with Crippen LogP contribution in [0.25, 0.3) is 0 Å². The number of hydrogen-bond donors (Lipinski definition) is 1. The van der Waals surface area contributed by atoms with E-state index < -0.39 is 17.9 Å². The Labute approximate surface area is 153 Å². The third-order valence-corrected chi connectivity index (χ3v) is 4.49. The van der Waals surface area contributed by atoms with Crippen LogP contribution >= 0.6 is 0 Å². The molecule has 0 aromatic carbocycles. The van der Waals surface area contributed by atoms with Crippen molar-refractivity contribution in [1.29, 1.82) is 0 Å². The molecule has 0 radical (unpaired) electrons. The predicted molar refractivity (Wildman–Crippen MR) is 100 cm³/mol. The molecule has 146 valence electrons. The molecule has 0 rings (SSSR count). The average molecular weight is 356 g/mol. The van der Waals surface area contributed by atoms with E-state index in [1.807, 2.05) is 0 Å². The van der Waals surface area contributed by atoms with Crippen molar-refractivity contribution >= 4 is 17.7 Å². The first-order chi connectivity index (χ1) is 12.0. The number of rotatable bonds is 15. The fourth-order valence-electron chi connectivity index (χ4n) is 2.84. The molecule has 0 spiro atoms. The zero-order valence-corrected chi connectivity index (χ0v) is 16.6. The van der Waals surface area contributed by atoms with Crippen LogP contribution in [-0.4, -0.2) is 30.8 Å². The van der Waals surface area contributed by atoms with Crippen LogP contribution in [0.1, 0.15) is 91.4 Å². The summed E-state index contributed by atoms with van der Waals surface area (Å²) in [6, 6.07) is -0.729. The lowest BCUT2D eigenvalue weighted by Gasteiger charge is -2.18. The minimum Gasteiger partial charge on any atom is -0.467 e. The normalized spacial score (nSPS) is 13.1. The largest absolute Gasteiger partial charge is 0.467 e. The van der Waals surface area contributed by atoms with Crippen molar-refractivity contribution in [2.45, 2.75) is 97.4 Å². The Kier molecular flexibility index (Phi) is 14.1. The third kappa shape index (κ3) is 11.0. The van der Waals surface area contributed by atoms with Crippen molar-refractivity contribution in [2.24, 2.45) is 5.92 Å². The van der Waals surface area contributed by atoms with E-state index in [0.717, 1.165) is 44.9 Å². The molecule has 0 aromatic rings. The van der Waals surface area contributed by atoms with E-state index in [-0.39, 0.29) is 11.7 Å². The number of methoxy groups -OCH3 is 1. The maximum Gasteiger partial charge on any atom is 0.328 e. The van der Waals surface area contributed by atoms with E-state index >= 15 is 0 Å². The lowest BCUT2D eigenvalue weighted by atomic mass is 9.92. The van der Waals surface area contributed by atoms with Gasteiger partial charge in [0.25, 0.3) is 0 Å². The molecule has 5 heteroatoms. The third-order valence-electron chi connectivity index (χ3n) is 4.49. The van der Waals surface area contributed by atoms with Gasteiger partial charge in [0.1, 0.15) is 11.8 Å². The van der Waals surface area contributed by atoms with Crippen molar-refractivity contribution in [3.05, 3.63) is 0 Å². The second-order valence-corrected chi connectivity index (χ2v) is 6.79. The first-order valence-corrected chi connectivity index (χ1v) is 9.88. The zero-order chi connectivity index (χ0) is 19.1. The number of unbranched alkanes of at least 4 members (excludes halogenated alkanes) is 7. The van der Waals surface area contributed by atoms with Gasteiger partial charge >= 0.3 is 5.97 Å². The second-order valence-electron chi connectivity index (χ2n) is 6.79. The summed E-state index contributed by atoms with van der Waals surface area (Å²) in [6.45, 7) is 5.86. The van der Waals surface area contributed by atoms with Crippen molar-refractivity contribution in [3.8, 4) is 0 Å². The lowest BCUT2D eigenvalue weighted by Crippen LogP contribution is -2.44. The standard InChI is InChI=1S/C20H37NO4/c1-5-7-9-11-13-15-18(22)17(14-12-10-8-6-2)19(23)21-16(3)20(24)25-4/h16-17H,5-15H2,1-4H3,(H,21,23)/t16-,17?/m0/s1. The summed E-state index contributed by atoms with van der Waals surface area (Å²) in [4.78, 5) is 36.5. The number of carbonyl (C=O) groups excluding carboxylic acids is 3. The summed E-state index contributed by atoms with van der Waals surface area (Å²) in [5.74, 6) is -1.48. The number of nitrogens with one attached hydrogen (secondary N) is 1. The van der Waals surface area contributed by atoms with Crippen LogP contribution in [-0.2, 0) is 19.1 Å². The number of ketones is 1. The summed E-state index contributed by atoms with van der Waals surface area (Å²) >= 11 is 0. The van der Waals surface area contributed by atoms with Crippen molar-refractivity contribution in [3.63, 3.8) is 0 Å². The van der Waals surface area contributed by atoms with Crippen LogP contribution in [0.15, 0.2) is 0 Å². The van der Waals surface area contributed by atoms with Gasteiger partial charge in [0, 0.05) is 6.42 Å². The Morgan fingerprint density at radius 2 is 1.44 bits per heavy atom. The number of carbonyl (C=O) groups is 3. The van der Waals surface area contributed by atoms with Gasteiger partial charge < -0.3 is 10.1 Å².